The Balaban J connectivity index is 1.49. The molecule has 0 aromatic rings. The molecule has 2 N–H and O–H groups in total. The molecule has 2 rings (SSSR count). The molecule has 1 saturated carbocycles. The maximum absolute atomic E-state index is 10.2. The van der Waals surface area contributed by atoms with Gasteiger partial charge >= 0.3 is 0 Å². The zero-order chi connectivity index (χ0) is 31.5. The Bertz CT molecular complexity index is 779. The summed E-state index contributed by atoms with van der Waals surface area (Å²) >= 11 is 0. The second kappa shape index (κ2) is 18.0. The Morgan fingerprint density at radius 1 is 0.667 bits per heavy atom. The lowest BCUT2D eigenvalue weighted by Crippen LogP contribution is -2.40. The fourth-order valence-corrected chi connectivity index (χ4v) is 9.32. The summed E-state index contributed by atoms with van der Waals surface area (Å²) in [5.74, 6) is 4.82. The molecular weight excluding hydrogens is 512 g/mol. The van der Waals surface area contributed by atoms with Gasteiger partial charge < -0.3 is 10.2 Å². The van der Waals surface area contributed by atoms with E-state index in [0.717, 1.165) is 55.3 Å². The lowest BCUT2D eigenvalue weighted by atomic mass is 9.61. The van der Waals surface area contributed by atoms with Crippen molar-refractivity contribution >= 4 is 0 Å². The molecule has 0 aromatic heterocycles. The van der Waals surface area contributed by atoms with Gasteiger partial charge in [0.05, 0.1) is 12.2 Å². The van der Waals surface area contributed by atoms with E-state index in [0.29, 0.717) is 5.92 Å². The second-order valence-corrected chi connectivity index (χ2v) is 17.6. The Hall–Kier alpha value is -0.340. The van der Waals surface area contributed by atoms with Crippen LogP contribution in [0.4, 0.5) is 0 Å². The number of aliphatic hydroxyl groups excluding tert-OH is 2. The van der Waals surface area contributed by atoms with Crippen molar-refractivity contribution in [2.45, 2.75) is 197 Å². The number of rotatable bonds is 19. The first kappa shape index (κ1) is 37.8. The maximum Gasteiger partial charge on any atom is 0.0585 e. The molecule has 2 heteroatoms. The fraction of sp³-hybridized carbons (Fsp3) is 0.950. The van der Waals surface area contributed by atoms with E-state index in [1.165, 1.54) is 95.5 Å². The van der Waals surface area contributed by atoms with Crippen LogP contribution in [-0.4, -0.2) is 22.4 Å². The molecule has 0 aromatic carbocycles. The average molecular weight is 589 g/mol. The molecule has 0 heterocycles. The molecule has 1 fully saturated rings. The summed E-state index contributed by atoms with van der Waals surface area (Å²) in [6.07, 6.45) is 22.8. The maximum atomic E-state index is 10.2. The van der Waals surface area contributed by atoms with Gasteiger partial charge in [-0.3, -0.25) is 0 Å². The first-order valence-electron chi connectivity index (χ1n) is 18.7. The minimum Gasteiger partial charge on any atom is -0.393 e. The summed E-state index contributed by atoms with van der Waals surface area (Å²) in [5, 5.41) is 20.4. The fourth-order valence-electron chi connectivity index (χ4n) is 9.32. The molecule has 2 aliphatic rings. The van der Waals surface area contributed by atoms with Gasteiger partial charge in [0.15, 0.2) is 0 Å². The predicted octanol–water partition coefficient (Wildman–Crippen LogP) is 11.9. The monoisotopic (exact) mass is 589 g/mol. The van der Waals surface area contributed by atoms with Gasteiger partial charge in [0.2, 0.25) is 0 Å². The molecule has 248 valence electrons. The quantitative estimate of drug-likeness (QED) is 0.116. The van der Waals surface area contributed by atoms with E-state index in [9.17, 15) is 10.2 Å². The van der Waals surface area contributed by atoms with Crippen molar-refractivity contribution in [2.24, 2.45) is 46.3 Å². The lowest BCUT2D eigenvalue weighted by Gasteiger charge is -2.45. The van der Waals surface area contributed by atoms with E-state index in [4.69, 9.17) is 0 Å². The molecule has 8 atom stereocenters. The van der Waals surface area contributed by atoms with Crippen LogP contribution in [0.3, 0.4) is 0 Å². The molecule has 0 radical (unpaired) electrons. The summed E-state index contributed by atoms with van der Waals surface area (Å²) in [4.78, 5) is 0. The van der Waals surface area contributed by atoms with Crippen molar-refractivity contribution in [1.29, 1.82) is 0 Å². The summed E-state index contributed by atoms with van der Waals surface area (Å²) in [6, 6.07) is 0. The van der Waals surface area contributed by atoms with Crippen LogP contribution in [0.15, 0.2) is 11.1 Å². The van der Waals surface area contributed by atoms with Crippen molar-refractivity contribution in [3.8, 4) is 0 Å². The van der Waals surface area contributed by atoms with Gasteiger partial charge in [0.25, 0.3) is 0 Å². The molecule has 0 bridgehead atoms. The molecule has 2 nitrogen and oxygen atoms in total. The summed E-state index contributed by atoms with van der Waals surface area (Å²) in [5.41, 5.74) is 3.54. The van der Waals surface area contributed by atoms with E-state index in [1.54, 1.807) is 5.57 Å². The normalized spacial score (nSPS) is 28.9. The van der Waals surface area contributed by atoms with Crippen LogP contribution in [0, 0.1) is 46.3 Å². The molecule has 0 spiro atoms. The highest BCUT2D eigenvalue weighted by Gasteiger charge is 2.40. The summed E-state index contributed by atoms with van der Waals surface area (Å²) in [7, 11) is 0. The number of hydrogen-bond acceptors (Lipinski definition) is 2. The third-order valence-electron chi connectivity index (χ3n) is 12.0. The zero-order valence-corrected chi connectivity index (χ0v) is 30.2. The topological polar surface area (TPSA) is 40.5 Å². The first-order chi connectivity index (χ1) is 19.6. The Morgan fingerprint density at radius 3 is 1.64 bits per heavy atom. The van der Waals surface area contributed by atoms with Crippen LogP contribution in [0.2, 0.25) is 0 Å². The lowest BCUT2D eigenvalue weighted by molar-refractivity contribution is -0.0174. The van der Waals surface area contributed by atoms with Crippen molar-refractivity contribution in [1.82, 2.24) is 0 Å². The molecule has 0 aliphatic heterocycles. The zero-order valence-electron chi connectivity index (χ0n) is 30.2. The molecule has 2 aliphatic carbocycles. The Labute approximate surface area is 264 Å². The van der Waals surface area contributed by atoms with Crippen LogP contribution in [0.5, 0.6) is 0 Å². The van der Waals surface area contributed by atoms with Gasteiger partial charge in [-0.25, -0.2) is 0 Å². The third kappa shape index (κ3) is 13.3. The smallest absolute Gasteiger partial charge is 0.0585 e. The van der Waals surface area contributed by atoms with Crippen molar-refractivity contribution < 1.29 is 10.2 Å². The van der Waals surface area contributed by atoms with Crippen LogP contribution in [0.1, 0.15) is 185 Å². The van der Waals surface area contributed by atoms with Gasteiger partial charge in [-0.2, -0.15) is 0 Å². The number of unbranched alkanes of at least 4 members (excludes halogenated alkanes) is 1. The van der Waals surface area contributed by atoms with Gasteiger partial charge in [-0.1, -0.05) is 144 Å². The van der Waals surface area contributed by atoms with Crippen LogP contribution < -0.4 is 0 Å². The standard InChI is InChI=1S/C40H76O2/c1-29(17-13-19-31(3)21-23-37-33(5)25-35(41)27-39(37,7)8)15-11-12-16-30(2)18-14-20-32(4)22-24-38-34(6)26-36(42)28-40(38,9)10/h29-33,35-37,41-42H,11-28H2,1-10H3/t29-,30-,31-,32-,33-,35-,36-,37+/m1/s1. The molecule has 0 amide bonds. The highest BCUT2D eigenvalue weighted by atomic mass is 16.3. The number of aliphatic hydroxyl groups is 2. The molecular formula is C40H76O2. The Kier molecular flexibility index (Phi) is 16.2. The van der Waals surface area contributed by atoms with Crippen LogP contribution >= 0.6 is 0 Å². The minimum atomic E-state index is -0.143. The van der Waals surface area contributed by atoms with Crippen molar-refractivity contribution in [2.75, 3.05) is 0 Å². The summed E-state index contributed by atoms with van der Waals surface area (Å²) < 4.78 is 0. The first-order valence-corrected chi connectivity index (χ1v) is 18.7. The number of allylic oxidation sites excluding steroid dienone is 1. The van der Waals surface area contributed by atoms with E-state index >= 15 is 0 Å². The van der Waals surface area contributed by atoms with E-state index in [-0.39, 0.29) is 23.0 Å². The highest BCUT2D eigenvalue weighted by Crippen LogP contribution is 2.47. The SMILES string of the molecule is CC1=C(CC[C@H](C)CCC[C@H](C)CCCC[C@@H](C)CCC[C@@H](C)CC[C@H]2[C@H](C)C[C@@H](O)CC2(C)C)C(C)(C)C[C@H](O)C1. The van der Waals surface area contributed by atoms with Gasteiger partial charge in [0, 0.05) is 0 Å². The van der Waals surface area contributed by atoms with E-state index in [2.05, 4.69) is 69.2 Å². The predicted molar refractivity (Wildman–Crippen MR) is 185 cm³/mol. The highest BCUT2D eigenvalue weighted by molar-refractivity contribution is 5.23. The van der Waals surface area contributed by atoms with Gasteiger partial charge in [-0.15, -0.1) is 0 Å². The minimum absolute atomic E-state index is 0.0861. The second-order valence-electron chi connectivity index (χ2n) is 17.6. The molecule has 0 unspecified atom stereocenters. The van der Waals surface area contributed by atoms with Gasteiger partial charge in [-0.05, 0) is 98.2 Å². The van der Waals surface area contributed by atoms with Crippen molar-refractivity contribution in [3.05, 3.63) is 11.1 Å². The van der Waals surface area contributed by atoms with Crippen LogP contribution in [0.25, 0.3) is 0 Å². The molecule has 0 saturated heterocycles. The van der Waals surface area contributed by atoms with Crippen LogP contribution in [-0.2, 0) is 0 Å². The van der Waals surface area contributed by atoms with E-state index < -0.39 is 0 Å². The van der Waals surface area contributed by atoms with Gasteiger partial charge in [0.1, 0.15) is 0 Å². The number of hydrogen-bond donors (Lipinski definition) is 2. The average Bonchev–Trinajstić information content (AvgIpc) is 2.84. The summed E-state index contributed by atoms with van der Waals surface area (Å²) in [6.45, 7) is 24.0. The van der Waals surface area contributed by atoms with Crippen molar-refractivity contribution in [3.63, 3.8) is 0 Å². The largest absolute Gasteiger partial charge is 0.393 e. The molecule has 42 heavy (non-hydrogen) atoms. The van der Waals surface area contributed by atoms with E-state index in [1.807, 2.05) is 0 Å². The Morgan fingerprint density at radius 2 is 1.14 bits per heavy atom. The third-order valence-corrected chi connectivity index (χ3v) is 12.0.